The van der Waals surface area contributed by atoms with Crippen LogP contribution in [0.5, 0.6) is 0 Å². The molecule has 1 amide bonds. The standard InChI is InChI=1S/C22H17N3O4S/c26-18-13-17(23-22-25(18)11-12-30-22)14-29-21(28)19(15-7-3-1-4-8-15)24-20(27)16-9-5-2-6-10-16/h1-13,19H,14H2,(H,24,27)/t19-/m0/s1. The second-order valence-corrected chi connectivity index (χ2v) is 7.31. The number of hydrogen-bond acceptors (Lipinski definition) is 6. The maximum atomic E-state index is 12.8. The maximum Gasteiger partial charge on any atom is 0.333 e. The average molecular weight is 419 g/mol. The van der Waals surface area contributed by atoms with Crippen LogP contribution < -0.4 is 10.9 Å². The van der Waals surface area contributed by atoms with E-state index in [1.807, 2.05) is 6.07 Å². The number of hydrogen-bond donors (Lipinski definition) is 1. The van der Waals surface area contributed by atoms with E-state index in [-0.39, 0.29) is 12.2 Å². The van der Waals surface area contributed by atoms with Gasteiger partial charge in [0, 0.05) is 23.2 Å². The summed E-state index contributed by atoms with van der Waals surface area (Å²) in [6.07, 6.45) is 1.63. The number of nitrogens with one attached hydrogen (secondary N) is 1. The van der Waals surface area contributed by atoms with Crippen molar-refractivity contribution in [1.82, 2.24) is 14.7 Å². The highest BCUT2D eigenvalue weighted by atomic mass is 32.1. The summed E-state index contributed by atoms with van der Waals surface area (Å²) in [6.45, 7) is -0.174. The van der Waals surface area contributed by atoms with E-state index >= 15 is 0 Å². The molecule has 4 aromatic rings. The highest BCUT2D eigenvalue weighted by molar-refractivity contribution is 7.15. The van der Waals surface area contributed by atoms with E-state index in [2.05, 4.69) is 10.3 Å². The Hall–Kier alpha value is -3.78. The molecule has 0 aliphatic carbocycles. The van der Waals surface area contributed by atoms with Crippen molar-refractivity contribution in [2.45, 2.75) is 12.6 Å². The molecule has 2 aromatic carbocycles. The van der Waals surface area contributed by atoms with Gasteiger partial charge in [0.15, 0.2) is 11.0 Å². The number of rotatable bonds is 6. The molecule has 0 fully saturated rings. The quantitative estimate of drug-likeness (QED) is 0.486. The van der Waals surface area contributed by atoms with Crippen LogP contribution in [-0.2, 0) is 16.1 Å². The van der Waals surface area contributed by atoms with E-state index in [1.165, 1.54) is 21.8 Å². The van der Waals surface area contributed by atoms with Crippen LogP contribution in [0.25, 0.3) is 4.96 Å². The van der Waals surface area contributed by atoms with Gasteiger partial charge >= 0.3 is 5.97 Å². The molecule has 0 saturated heterocycles. The van der Waals surface area contributed by atoms with E-state index in [1.54, 1.807) is 66.2 Å². The largest absolute Gasteiger partial charge is 0.457 e. The molecule has 4 rings (SSSR count). The minimum atomic E-state index is -0.995. The molecule has 2 aromatic heterocycles. The topological polar surface area (TPSA) is 89.8 Å². The number of carbonyl (C=O) groups is 2. The number of esters is 1. The Morgan fingerprint density at radius 1 is 1.07 bits per heavy atom. The minimum Gasteiger partial charge on any atom is -0.457 e. The Balaban J connectivity index is 1.53. The van der Waals surface area contributed by atoms with Crippen LogP contribution >= 0.6 is 11.3 Å². The van der Waals surface area contributed by atoms with Crippen LogP contribution in [0.3, 0.4) is 0 Å². The second-order valence-electron chi connectivity index (χ2n) is 6.43. The van der Waals surface area contributed by atoms with Crippen molar-refractivity contribution < 1.29 is 14.3 Å². The van der Waals surface area contributed by atoms with E-state index < -0.39 is 17.9 Å². The number of amides is 1. The molecule has 0 aliphatic rings. The molecule has 30 heavy (non-hydrogen) atoms. The number of carbonyl (C=O) groups excluding carboxylic acids is 2. The lowest BCUT2D eigenvalue weighted by Crippen LogP contribution is -2.35. The zero-order valence-corrected chi connectivity index (χ0v) is 16.5. The molecule has 150 valence electrons. The van der Waals surface area contributed by atoms with Gasteiger partial charge in [0.05, 0.1) is 5.69 Å². The van der Waals surface area contributed by atoms with Crippen molar-refractivity contribution in [1.29, 1.82) is 0 Å². The molecule has 2 heterocycles. The summed E-state index contributed by atoms with van der Waals surface area (Å²) in [5.41, 5.74) is 1.12. The molecule has 7 nitrogen and oxygen atoms in total. The number of thiazole rings is 1. The Kier molecular flexibility index (Phi) is 5.67. The fraction of sp³-hybridized carbons (Fsp3) is 0.0909. The molecule has 8 heteroatoms. The molecule has 0 unspecified atom stereocenters. The van der Waals surface area contributed by atoms with Crippen LogP contribution in [0.1, 0.15) is 27.7 Å². The smallest absolute Gasteiger partial charge is 0.333 e. The van der Waals surface area contributed by atoms with Gasteiger partial charge in [-0.3, -0.25) is 14.0 Å². The predicted octanol–water partition coefficient (Wildman–Crippen LogP) is 2.97. The lowest BCUT2D eigenvalue weighted by Gasteiger charge is -2.18. The van der Waals surface area contributed by atoms with Crippen molar-refractivity contribution in [2.75, 3.05) is 0 Å². The highest BCUT2D eigenvalue weighted by Crippen LogP contribution is 2.17. The summed E-state index contributed by atoms with van der Waals surface area (Å²) < 4.78 is 6.82. The molecule has 0 saturated carbocycles. The van der Waals surface area contributed by atoms with Gasteiger partial charge in [0.2, 0.25) is 0 Å². The fourth-order valence-corrected chi connectivity index (χ4v) is 3.66. The maximum absolute atomic E-state index is 12.8. The zero-order chi connectivity index (χ0) is 20.9. The van der Waals surface area contributed by atoms with Gasteiger partial charge in [-0.1, -0.05) is 48.5 Å². The van der Waals surface area contributed by atoms with Crippen LogP contribution in [0.15, 0.2) is 83.1 Å². The summed E-state index contributed by atoms with van der Waals surface area (Å²) in [7, 11) is 0. The Morgan fingerprint density at radius 3 is 2.50 bits per heavy atom. The first kappa shape index (κ1) is 19.5. The molecular formula is C22H17N3O4S. The van der Waals surface area contributed by atoms with Gasteiger partial charge in [0.25, 0.3) is 11.5 Å². The van der Waals surface area contributed by atoms with Gasteiger partial charge in [-0.05, 0) is 17.7 Å². The zero-order valence-electron chi connectivity index (χ0n) is 15.7. The Bertz CT molecular complexity index is 1240. The van der Waals surface area contributed by atoms with Crippen molar-refractivity contribution in [2.24, 2.45) is 0 Å². The van der Waals surface area contributed by atoms with Crippen LogP contribution in [-0.4, -0.2) is 21.3 Å². The van der Waals surface area contributed by atoms with Crippen LogP contribution in [0, 0.1) is 0 Å². The first-order chi connectivity index (χ1) is 14.6. The summed E-state index contributed by atoms with van der Waals surface area (Å²) >= 11 is 1.31. The van der Waals surface area contributed by atoms with Gasteiger partial charge in [0.1, 0.15) is 6.61 Å². The first-order valence-corrected chi connectivity index (χ1v) is 10.0. The van der Waals surface area contributed by atoms with Gasteiger partial charge in [-0.15, -0.1) is 11.3 Å². The molecule has 0 spiro atoms. The third kappa shape index (κ3) is 4.28. The molecule has 0 bridgehead atoms. The molecular weight excluding hydrogens is 402 g/mol. The van der Waals surface area contributed by atoms with E-state index in [4.69, 9.17) is 4.74 Å². The lowest BCUT2D eigenvalue weighted by molar-refractivity contribution is -0.147. The van der Waals surface area contributed by atoms with Crippen LogP contribution in [0.2, 0.25) is 0 Å². The third-order valence-corrected chi connectivity index (χ3v) is 5.16. The minimum absolute atomic E-state index is 0.174. The third-order valence-electron chi connectivity index (χ3n) is 4.40. The van der Waals surface area contributed by atoms with Crippen molar-refractivity contribution in [3.8, 4) is 0 Å². The molecule has 1 N–H and O–H groups in total. The lowest BCUT2D eigenvalue weighted by atomic mass is 10.1. The first-order valence-electron chi connectivity index (χ1n) is 9.15. The molecule has 0 radical (unpaired) electrons. The van der Waals surface area contributed by atoms with Crippen molar-refractivity contribution in [3.63, 3.8) is 0 Å². The highest BCUT2D eigenvalue weighted by Gasteiger charge is 2.25. The molecule has 0 aliphatic heterocycles. The van der Waals surface area contributed by atoms with Crippen molar-refractivity contribution >= 4 is 28.2 Å². The Labute approximate surface area is 175 Å². The second kappa shape index (κ2) is 8.71. The summed E-state index contributed by atoms with van der Waals surface area (Å²) in [6, 6.07) is 17.8. The predicted molar refractivity (Wildman–Crippen MR) is 112 cm³/mol. The average Bonchev–Trinajstić information content (AvgIpc) is 3.26. The fourth-order valence-electron chi connectivity index (χ4n) is 2.92. The van der Waals surface area contributed by atoms with E-state index in [9.17, 15) is 14.4 Å². The summed E-state index contributed by atoms with van der Waals surface area (Å²) in [4.78, 5) is 42.4. The normalized spacial score (nSPS) is 11.7. The summed E-state index contributed by atoms with van der Waals surface area (Å²) in [5.74, 6) is -1.03. The van der Waals surface area contributed by atoms with E-state index in [0.717, 1.165) is 0 Å². The van der Waals surface area contributed by atoms with Crippen LogP contribution in [0.4, 0.5) is 0 Å². The van der Waals surface area contributed by atoms with Crippen molar-refractivity contribution in [3.05, 3.63) is 105 Å². The monoisotopic (exact) mass is 419 g/mol. The number of nitrogens with zero attached hydrogens (tertiary/aromatic N) is 2. The van der Waals surface area contributed by atoms with Gasteiger partial charge < -0.3 is 10.1 Å². The number of ether oxygens (including phenoxy) is 1. The number of benzene rings is 2. The van der Waals surface area contributed by atoms with Gasteiger partial charge in [-0.25, -0.2) is 9.78 Å². The van der Waals surface area contributed by atoms with Gasteiger partial charge in [-0.2, -0.15) is 0 Å². The number of fused-ring (bicyclic) bond motifs is 1. The molecule has 1 atom stereocenters. The Morgan fingerprint density at radius 2 is 1.77 bits per heavy atom. The summed E-state index contributed by atoms with van der Waals surface area (Å²) in [5, 5.41) is 4.48. The SMILES string of the molecule is O=C(N[C@H](C(=O)OCc1cc(=O)n2ccsc2n1)c1ccccc1)c1ccccc1. The van der Waals surface area contributed by atoms with E-state index in [0.29, 0.717) is 21.8 Å². The number of aromatic nitrogens is 2.